The molecule has 2 rings (SSSR count). The van der Waals surface area contributed by atoms with E-state index in [0.29, 0.717) is 0 Å². The Morgan fingerprint density at radius 2 is 2.11 bits per heavy atom. The minimum atomic E-state index is -0.188. The third-order valence-corrected chi connectivity index (χ3v) is 4.15. The summed E-state index contributed by atoms with van der Waals surface area (Å²) in [5.41, 5.74) is 1.04. The molecular weight excluding hydrogens is 337 g/mol. The van der Waals surface area contributed by atoms with Crippen molar-refractivity contribution in [2.24, 2.45) is 0 Å². The number of carbonyl (C=O) groups excluding carboxylic acids is 1. The van der Waals surface area contributed by atoms with Gasteiger partial charge in [-0.15, -0.1) is 0 Å². The average Bonchev–Trinajstić information content (AvgIpc) is 2.42. The fourth-order valence-electron chi connectivity index (χ4n) is 2.49. The zero-order valence-corrected chi connectivity index (χ0v) is 12.6. The summed E-state index contributed by atoms with van der Waals surface area (Å²) in [5, 5.41) is 3.44. The van der Waals surface area contributed by atoms with Gasteiger partial charge in [0.25, 0.3) is 0 Å². The lowest BCUT2D eigenvalue weighted by molar-refractivity contribution is -0.143. The molecule has 0 aromatic heterocycles. The first-order valence-electron chi connectivity index (χ1n) is 6.29. The first-order chi connectivity index (χ1) is 8.72. The number of nitrogens with one attached hydrogen (secondary N) is 1. The van der Waals surface area contributed by atoms with Crippen molar-refractivity contribution in [2.45, 2.75) is 31.2 Å². The van der Waals surface area contributed by atoms with Crippen molar-refractivity contribution >= 4 is 28.6 Å². The lowest BCUT2D eigenvalue weighted by Gasteiger charge is -2.30. The Labute approximate surface area is 121 Å². The molecular formula is C14H18INO2. The smallest absolute Gasteiger partial charge is 0.314 e. The molecule has 4 heteroatoms. The fourth-order valence-corrected chi connectivity index (χ4v) is 2.85. The van der Waals surface area contributed by atoms with E-state index < -0.39 is 0 Å². The van der Waals surface area contributed by atoms with Crippen LogP contribution in [0.15, 0.2) is 24.3 Å². The van der Waals surface area contributed by atoms with Crippen molar-refractivity contribution in [2.75, 3.05) is 13.7 Å². The number of ether oxygens (including phenoxy) is 1. The summed E-state index contributed by atoms with van der Waals surface area (Å²) in [6, 6.07) is 8.33. The minimum absolute atomic E-state index is 0.143. The number of halogens is 1. The van der Waals surface area contributed by atoms with E-state index >= 15 is 0 Å². The average molecular weight is 355 g/mol. The first kappa shape index (κ1) is 13.8. The highest BCUT2D eigenvalue weighted by Gasteiger charge is 2.31. The largest absolute Gasteiger partial charge is 0.469 e. The molecule has 1 N–H and O–H groups in total. The second kappa shape index (κ2) is 6.52. The van der Waals surface area contributed by atoms with Gasteiger partial charge in [-0.1, -0.05) is 18.6 Å². The summed E-state index contributed by atoms with van der Waals surface area (Å²) < 4.78 is 6.15. The van der Waals surface area contributed by atoms with Crippen LogP contribution in [0.4, 0.5) is 0 Å². The highest BCUT2D eigenvalue weighted by molar-refractivity contribution is 14.1. The molecule has 0 saturated carbocycles. The normalized spacial score (nSPS) is 21.3. The van der Waals surface area contributed by atoms with Gasteiger partial charge in [0.15, 0.2) is 0 Å². The molecule has 1 fully saturated rings. The van der Waals surface area contributed by atoms with Crippen molar-refractivity contribution in [3.8, 4) is 0 Å². The van der Waals surface area contributed by atoms with Gasteiger partial charge in [0.05, 0.1) is 13.0 Å². The summed E-state index contributed by atoms with van der Waals surface area (Å²) in [6.07, 6.45) is 3.40. The van der Waals surface area contributed by atoms with Crippen LogP contribution in [0.2, 0.25) is 0 Å². The Morgan fingerprint density at radius 3 is 2.67 bits per heavy atom. The van der Waals surface area contributed by atoms with Gasteiger partial charge < -0.3 is 10.1 Å². The van der Waals surface area contributed by atoms with Crippen LogP contribution >= 0.6 is 22.6 Å². The molecule has 18 heavy (non-hydrogen) atoms. The Hall–Kier alpha value is -0.620. The highest BCUT2D eigenvalue weighted by Crippen LogP contribution is 2.27. The van der Waals surface area contributed by atoms with E-state index in [1.165, 1.54) is 23.5 Å². The zero-order valence-electron chi connectivity index (χ0n) is 10.5. The molecule has 0 aliphatic carbocycles. The van der Waals surface area contributed by atoms with Gasteiger partial charge in [0, 0.05) is 9.61 Å². The molecule has 2 unspecified atom stereocenters. The molecule has 1 saturated heterocycles. The van der Waals surface area contributed by atoms with Crippen molar-refractivity contribution in [1.82, 2.24) is 5.32 Å². The summed E-state index contributed by atoms with van der Waals surface area (Å²) in [6.45, 7) is 0.989. The van der Waals surface area contributed by atoms with Crippen LogP contribution in [0.5, 0.6) is 0 Å². The standard InChI is InChI=1S/C14H18INO2/c1-18-14(17)13(12-4-2-3-9-16-12)10-5-7-11(15)8-6-10/h5-8,12-13,16H,2-4,9H2,1H3/i15-4. The van der Waals surface area contributed by atoms with Crippen LogP contribution in [0.25, 0.3) is 0 Å². The summed E-state index contributed by atoms with van der Waals surface area (Å²) >= 11 is 2.27. The lowest BCUT2D eigenvalue weighted by Crippen LogP contribution is -2.42. The van der Waals surface area contributed by atoms with Crippen molar-refractivity contribution in [1.29, 1.82) is 0 Å². The third-order valence-electron chi connectivity index (χ3n) is 3.44. The molecule has 1 aliphatic rings. The fraction of sp³-hybridized carbons (Fsp3) is 0.500. The topological polar surface area (TPSA) is 38.3 Å². The van der Waals surface area contributed by atoms with E-state index in [9.17, 15) is 4.79 Å². The third kappa shape index (κ3) is 3.23. The van der Waals surface area contributed by atoms with Crippen LogP contribution in [0, 0.1) is 3.57 Å². The molecule has 1 heterocycles. The summed E-state index contributed by atoms with van der Waals surface area (Å²) in [5.74, 6) is -0.331. The predicted molar refractivity (Wildman–Crippen MR) is 79.6 cm³/mol. The molecule has 1 aliphatic heterocycles. The van der Waals surface area contributed by atoms with E-state index in [2.05, 4.69) is 27.9 Å². The van der Waals surface area contributed by atoms with Gasteiger partial charge in [-0.25, -0.2) is 0 Å². The van der Waals surface area contributed by atoms with Crippen LogP contribution in [0.1, 0.15) is 30.7 Å². The monoisotopic (exact) mass is 355 g/mol. The number of hydrogen-bond donors (Lipinski definition) is 1. The second-order valence-electron chi connectivity index (χ2n) is 4.61. The predicted octanol–water partition coefficient (Wildman–Crippen LogP) is 2.69. The highest BCUT2D eigenvalue weighted by atomic mass is 123. The van der Waals surface area contributed by atoms with Gasteiger partial charge in [-0.2, -0.15) is 0 Å². The summed E-state index contributed by atoms with van der Waals surface area (Å²) in [7, 11) is 1.46. The molecule has 0 amide bonds. The number of methoxy groups -OCH3 is 1. The Bertz CT molecular complexity index is 399. The van der Waals surface area contributed by atoms with E-state index in [0.717, 1.165) is 18.5 Å². The SMILES string of the molecule is COC(=O)C(c1ccc([123I])cc1)C1CCCCN1. The number of benzene rings is 1. The maximum atomic E-state index is 12.0. The van der Waals surface area contributed by atoms with Crippen molar-refractivity contribution in [3.05, 3.63) is 33.4 Å². The number of piperidine rings is 1. The molecule has 0 spiro atoms. The van der Waals surface area contributed by atoms with Crippen molar-refractivity contribution in [3.63, 3.8) is 0 Å². The van der Waals surface area contributed by atoms with Crippen LogP contribution in [-0.4, -0.2) is 25.7 Å². The molecule has 2 atom stereocenters. The van der Waals surface area contributed by atoms with E-state index in [1.807, 2.05) is 24.3 Å². The molecule has 3 nitrogen and oxygen atoms in total. The first-order valence-corrected chi connectivity index (χ1v) is 7.37. The molecule has 0 bridgehead atoms. The van der Waals surface area contributed by atoms with Gasteiger partial charge >= 0.3 is 5.97 Å². The van der Waals surface area contributed by atoms with E-state index in [1.54, 1.807) is 0 Å². The minimum Gasteiger partial charge on any atom is -0.469 e. The molecule has 98 valence electrons. The maximum absolute atomic E-state index is 12.0. The Balaban J connectivity index is 2.23. The van der Waals surface area contributed by atoms with Crippen LogP contribution in [-0.2, 0) is 9.53 Å². The summed E-state index contributed by atoms with van der Waals surface area (Å²) in [4.78, 5) is 12.0. The van der Waals surface area contributed by atoms with Gasteiger partial charge in [0.1, 0.15) is 0 Å². The Kier molecular flexibility index (Phi) is 5.00. The number of carbonyl (C=O) groups is 1. The lowest BCUT2D eigenvalue weighted by atomic mass is 9.86. The van der Waals surface area contributed by atoms with E-state index in [4.69, 9.17) is 4.74 Å². The number of esters is 1. The molecule has 0 radical (unpaired) electrons. The van der Waals surface area contributed by atoms with Crippen LogP contribution < -0.4 is 5.32 Å². The molecule has 1 aromatic rings. The van der Waals surface area contributed by atoms with Crippen LogP contribution in [0.3, 0.4) is 0 Å². The van der Waals surface area contributed by atoms with E-state index in [-0.39, 0.29) is 17.9 Å². The number of rotatable bonds is 3. The Morgan fingerprint density at radius 1 is 1.39 bits per heavy atom. The van der Waals surface area contributed by atoms with Gasteiger partial charge in [0.2, 0.25) is 0 Å². The van der Waals surface area contributed by atoms with Gasteiger partial charge in [-0.05, 0) is 59.7 Å². The van der Waals surface area contributed by atoms with Gasteiger partial charge in [-0.3, -0.25) is 4.79 Å². The maximum Gasteiger partial charge on any atom is 0.314 e. The quantitative estimate of drug-likeness (QED) is 0.669. The number of hydrogen-bond acceptors (Lipinski definition) is 3. The zero-order chi connectivity index (χ0) is 13.0. The molecule has 1 aromatic carbocycles. The second-order valence-corrected chi connectivity index (χ2v) is 5.85. The van der Waals surface area contributed by atoms with Crippen molar-refractivity contribution < 1.29 is 9.53 Å².